The fraction of sp³-hybridized carbons (Fsp3) is 0.118. The van der Waals surface area contributed by atoms with Crippen LogP contribution in [-0.4, -0.2) is 21.2 Å². The van der Waals surface area contributed by atoms with Gasteiger partial charge in [0.2, 0.25) is 18.2 Å². The normalized spacial score (nSPS) is 11.9. The van der Waals surface area contributed by atoms with Crippen LogP contribution < -0.4 is 5.32 Å². The highest BCUT2D eigenvalue weighted by Crippen LogP contribution is 2.22. The minimum absolute atomic E-state index is 0.186. The van der Waals surface area contributed by atoms with Crippen molar-refractivity contribution in [3.63, 3.8) is 0 Å². The zero-order valence-electron chi connectivity index (χ0n) is 12.5. The summed E-state index contributed by atoms with van der Waals surface area (Å²) in [4.78, 5) is 12.1. The van der Waals surface area contributed by atoms with E-state index in [0.29, 0.717) is 22.7 Å². The van der Waals surface area contributed by atoms with E-state index in [4.69, 9.17) is 4.42 Å². The van der Waals surface area contributed by atoms with Gasteiger partial charge in [-0.25, -0.2) is 4.39 Å². The number of anilines is 1. The van der Waals surface area contributed by atoms with Gasteiger partial charge in [0.05, 0.1) is 12.5 Å². The number of nitrogens with zero attached hydrogens (tertiary/aromatic N) is 2. The molecule has 1 heterocycles. The predicted octanol–water partition coefficient (Wildman–Crippen LogP) is 2.94. The fourth-order valence-electron chi connectivity index (χ4n) is 2.25. The highest BCUT2D eigenvalue weighted by molar-refractivity contribution is 5.91. The Morgan fingerprint density at radius 1 is 1.25 bits per heavy atom. The number of amides is 1. The number of halogens is 1. The zero-order valence-corrected chi connectivity index (χ0v) is 12.5. The van der Waals surface area contributed by atoms with Crippen LogP contribution in [0.4, 0.5) is 10.1 Å². The number of carbonyl (C=O) groups is 1. The van der Waals surface area contributed by atoms with E-state index < -0.39 is 17.8 Å². The van der Waals surface area contributed by atoms with Crippen LogP contribution in [0.25, 0.3) is 11.5 Å². The second kappa shape index (κ2) is 7.01. The third-order valence-corrected chi connectivity index (χ3v) is 3.37. The molecule has 0 radical (unpaired) electrons. The number of aliphatic hydroxyl groups is 1. The predicted molar refractivity (Wildman–Crippen MR) is 84.3 cm³/mol. The molecule has 1 amide bonds. The summed E-state index contributed by atoms with van der Waals surface area (Å²) in [6.07, 6.45) is -0.0516. The van der Waals surface area contributed by atoms with Gasteiger partial charge in [-0.2, -0.15) is 0 Å². The fourth-order valence-corrected chi connectivity index (χ4v) is 2.25. The van der Waals surface area contributed by atoms with Gasteiger partial charge in [-0.1, -0.05) is 18.2 Å². The largest absolute Gasteiger partial charge is 0.423 e. The lowest BCUT2D eigenvalue weighted by molar-refractivity contribution is -0.118. The van der Waals surface area contributed by atoms with Crippen LogP contribution >= 0.6 is 0 Å². The lowest BCUT2D eigenvalue weighted by Crippen LogP contribution is -2.15. The van der Waals surface area contributed by atoms with Crippen molar-refractivity contribution in [2.24, 2.45) is 0 Å². The van der Waals surface area contributed by atoms with Gasteiger partial charge >= 0.3 is 0 Å². The van der Waals surface area contributed by atoms with Gasteiger partial charge in [-0.3, -0.25) is 4.79 Å². The standard InChI is InChI=1S/C17H14FN3O3/c18-13-5-1-3-11(7-13)15(22)9-16(23)20-14-6-2-4-12(8-14)17-21-19-10-24-17/h1-8,10,15,22H,9H2,(H,20,23). The Morgan fingerprint density at radius 2 is 2.08 bits per heavy atom. The second-order valence-electron chi connectivity index (χ2n) is 5.15. The van der Waals surface area contributed by atoms with Crippen molar-refractivity contribution >= 4 is 11.6 Å². The van der Waals surface area contributed by atoms with E-state index in [1.54, 1.807) is 30.3 Å². The third kappa shape index (κ3) is 3.82. The minimum Gasteiger partial charge on any atom is -0.423 e. The Labute approximate surface area is 137 Å². The summed E-state index contributed by atoms with van der Waals surface area (Å²) in [7, 11) is 0. The molecule has 122 valence electrons. The smallest absolute Gasteiger partial charge is 0.247 e. The summed E-state index contributed by atoms with van der Waals surface area (Å²) in [5, 5.41) is 20.1. The average molecular weight is 327 g/mol. The molecule has 0 saturated heterocycles. The van der Waals surface area contributed by atoms with E-state index >= 15 is 0 Å². The SMILES string of the molecule is O=C(CC(O)c1cccc(F)c1)Nc1cccc(-c2nnco2)c1. The van der Waals surface area contributed by atoms with Crippen molar-refractivity contribution in [1.29, 1.82) is 0 Å². The monoisotopic (exact) mass is 327 g/mol. The Balaban J connectivity index is 1.66. The summed E-state index contributed by atoms with van der Waals surface area (Å²) < 4.78 is 18.3. The summed E-state index contributed by atoms with van der Waals surface area (Å²) in [5.41, 5.74) is 1.54. The van der Waals surface area contributed by atoms with Crippen LogP contribution in [0.5, 0.6) is 0 Å². The van der Waals surface area contributed by atoms with Crippen molar-refractivity contribution in [3.05, 3.63) is 66.3 Å². The lowest BCUT2D eigenvalue weighted by atomic mass is 10.1. The van der Waals surface area contributed by atoms with Crippen LogP contribution in [0, 0.1) is 5.82 Å². The van der Waals surface area contributed by atoms with Gasteiger partial charge in [0.1, 0.15) is 5.82 Å². The van der Waals surface area contributed by atoms with Crippen molar-refractivity contribution < 1.29 is 18.7 Å². The number of rotatable bonds is 5. The number of hydrogen-bond donors (Lipinski definition) is 2. The van der Waals surface area contributed by atoms with E-state index in [1.807, 2.05) is 0 Å². The third-order valence-electron chi connectivity index (χ3n) is 3.37. The quantitative estimate of drug-likeness (QED) is 0.752. The highest BCUT2D eigenvalue weighted by Gasteiger charge is 2.14. The van der Waals surface area contributed by atoms with Gasteiger partial charge in [0, 0.05) is 11.3 Å². The number of aliphatic hydroxyl groups excluding tert-OH is 1. The molecule has 2 N–H and O–H groups in total. The van der Waals surface area contributed by atoms with Crippen molar-refractivity contribution in [2.45, 2.75) is 12.5 Å². The molecule has 3 rings (SSSR count). The summed E-state index contributed by atoms with van der Waals surface area (Å²) in [5.74, 6) is -0.514. The number of benzene rings is 2. The average Bonchev–Trinajstić information content (AvgIpc) is 3.09. The Kier molecular flexibility index (Phi) is 4.62. The molecule has 0 aliphatic carbocycles. The second-order valence-corrected chi connectivity index (χ2v) is 5.15. The molecule has 6 nitrogen and oxygen atoms in total. The highest BCUT2D eigenvalue weighted by atomic mass is 19.1. The van der Waals surface area contributed by atoms with E-state index in [9.17, 15) is 14.3 Å². The molecule has 0 fully saturated rings. The van der Waals surface area contributed by atoms with E-state index in [2.05, 4.69) is 15.5 Å². The van der Waals surface area contributed by atoms with Gasteiger partial charge in [-0.15, -0.1) is 10.2 Å². The first-order valence-corrected chi connectivity index (χ1v) is 7.22. The molecular formula is C17H14FN3O3. The summed E-state index contributed by atoms with van der Waals surface area (Å²) >= 11 is 0. The summed E-state index contributed by atoms with van der Waals surface area (Å²) in [6.45, 7) is 0. The molecule has 0 bridgehead atoms. The Bertz CT molecular complexity index is 837. The molecule has 2 aromatic carbocycles. The molecule has 0 saturated carbocycles. The van der Waals surface area contributed by atoms with E-state index in [0.717, 1.165) is 0 Å². The molecule has 24 heavy (non-hydrogen) atoms. The van der Waals surface area contributed by atoms with Crippen molar-refractivity contribution in [1.82, 2.24) is 10.2 Å². The minimum atomic E-state index is -1.08. The number of aromatic nitrogens is 2. The van der Waals surface area contributed by atoms with Gasteiger partial charge in [0.15, 0.2) is 0 Å². The van der Waals surface area contributed by atoms with Crippen molar-refractivity contribution in [3.8, 4) is 11.5 Å². The molecule has 0 aliphatic rings. The number of carbonyl (C=O) groups excluding carboxylic acids is 1. The zero-order chi connectivity index (χ0) is 16.9. The first kappa shape index (κ1) is 15.8. The first-order valence-electron chi connectivity index (χ1n) is 7.22. The molecule has 7 heteroatoms. The molecule has 1 atom stereocenters. The van der Waals surface area contributed by atoms with Crippen LogP contribution in [0.1, 0.15) is 18.1 Å². The van der Waals surface area contributed by atoms with Crippen LogP contribution in [-0.2, 0) is 4.79 Å². The molecule has 0 spiro atoms. The van der Waals surface area contributed by atoms with E-state index in [1.165, 1.54) is 24.6 Å². The molecule has 3 aromatic rings. The molecule has 1 unspecified atom stereocenters. The lowest BCUT2D eigenvalue weighted by Gasteiger charge is -2.11. The van der Waals surface area contributed by atoms with E-state index in [-0.39, 0.29) is 6.42 Å². The molecule has 0 aliphatic heterocycles. The topological polar surface area (TPSA) is 88.2 Å². The number of hydrogen-bond acceptors (Lipinski definition) is 5. The van der Waals surface area contributed by atoms with Gasteiger partial charge in [-0.05, 0) is 35.9 Å². The summed E-state index contributed by atoms with van der Waals surface area (Å²) in [6, 6.07) is 12.4. The van der Waals surface area contributed by atoms with Crippen LogP contribution in [0.3, 0.4) is 0 Å². The van der Waals surface area contributed by atoms with Crippen molar-refractivity contribution in [2.75, 3.05) is 5.32 Å². The van der Waals surface area contributed by atoms with Gasteiger partial charge in [0.25, 0.3) is 0 Å². The first-order chi connectivity index (χ1) is 11.6. The maximum absolute atomic E-state index is 13.2. The molecule has 1 aromatic heterocycles. The molecular weight excluding hydrogens is 313 g/mol. The Hall–Kier alpha value is -3.06. The maximum atomic E-state index is 13.2. The van der Waals surface area contributed by atoms with Crippen LogP contribution in [0.15, 0.2) is 59.3 Å². The maximum Gasteiger partial charge on any atom is 0.247 e. The number of nitrogens with one attached hydrogen (secondary N) is 1. The Morgan fingerprint density at radius 3 is 2.83 bits per heavy atom. The van der Waals surface area contributed by atoms with Crippen LogP contribution in [0.2, 0.25) is 0 Å². The van der Waals surface area contributed by atoms with Gasteiger partial charge < -0.3 is 14.8 Å².